The molecule has 19 heavy (non-hydrogen) atoms. The van der Waals surface area contributed by atoms with E-state index in [1.807, 2.05) is 4.90 Å². The van der Waals surface area contributed by atoms with E-state index in [1.165, 1.54) is 0 Å². The minimum absolute atomic E-state index is 0. The molecule has 0 aromatic rings. The van der Waals surface area contributed by atoms with Crippen LogP contribution in [-0.2, 0) is 0 Å². The number of rotatable bonds is 13. The number of quaternary nitrogens is 1. The molecule has 116 valence electrons. The Hall–Kier alpha value is -0.280. The summed E-state index contributed by atoms with van der Waals surface area (Å²) in [7, 11) is 0. The summed E-state index contributed by atoms with van der Waals surface area (Å²) >= 11 is 0. The third-order valence-corrected chi connectivity index (χ3v) is 3.45. The van der Waals surface area contributed by atoms with Crippen molar-refractivity contribution in [2.24, 2.45) is 0 Å². The average Bonchev–Trinajstić information content (AvgIpc) is 2.37. The summed E-state index contributed by atoms with van der Waals surface area (Å²) in [6.45, 7) is 3.76. The molecular formula is C12H29N2O5+. The van der Waals surface area contributed by atoms with Crippen molar-refractivity contribution in [1.29, 1.82) is 0 Å². The predicted octanol–water partition coefficient (Wildman–Crippen LogP) is -2.93. The van der Waals surface area contributed by atoms with Gasteiger partial charge in [0, 0.05) is 19.6 Å². The third kappa shape index (κ3) is 7.78. The molecular weight excluding hydrogens is 252 g/mol. The molecule has 0 fully saturated rings. The largest absolute Gasteiger partial charge is 0.395 e. The highest BCUT2D eigenvalue weighted by Gasteiger charge is 2.26. The van der Waals surface area contributed by atoms with Crippen LogP contribution < -0.4 is 0 Å². The maximum absolute atomic E-state index is 9.15. The average molecular weight is 281 g/mol. The van der Waals surface area contributed by atoms with Gasteiger partial charge >= 0.3 is 0 Å². The van der Waals surface area contributed by atoms with Crippen LogP contribution >= 0.6 is 0 Å². The molecule has 0 saturated heterocycles. The Kier molecular flexibility index (Phi) is 11.4. The van der Waals surface area contributed by atoms with Gasteiger partial charge in [0.05, 0.1) is 39.6 Å². The van der Waals surface area contributed by atoms with E-state index in [0.29, 0.717) is 50.3 Å². The van der Waals surface area contributed by atoms with E-state index < -0.39 is 0 Å². The Balaban J connectivity index is 4.49. The summed E-state index contributed by atoms with van der Waals surface area (Å²) in [5, 5.41) is 45.4. The van der Waals surface area contributed by atoms with Gasteiger partial charge in [0.15, 0.2) is 0 Å². The van der Waals surface area contributed by atoms with Gasteiger partial charge in [-0.25, -0.2) is 0 Å². The van der Waals surface area contributed by atoms with E-state index in [4.69, 9.17) is 25.5 Å². The second kappa shape index (κ2) is 11.5. The maximum atomic E-state index is 9.15. The van der Waals surface area contributed by atoms with Gasteiger partial charge in [0.25, 0.3) is 0 Å². The normalized spacial score (nSPS) is 12.3. The third-order valence-electron chi connectivity index (χ3n) is 3.45. The fourth-order valence-corrected chi connectivity index (χ4v) is 2.28. The van der Waals surface area contributed by atoms with E-state index in [0.717, 1.165) is 0 Å². The maximum Gasteiger partial charge on any atom is 0.102 e. The molecule has 0 aromatic carbocycles. The lowest BCUT2D eigenvalue weighted by atomic mass is 10.3. The lowest BCUT2D eigenvalue weighted by Gasteiger charge is -2.38. The first kappa shape index (κ1) is 18.7. The first-order valence-electron chi connectivity index (χ1n) is 6.79. The summed E-state index contributed by atoms with van der Waals surface area (Å²) < 4.78 is 0.441. The van der Waals surface area contributed by atoms with Crippen molar-refractivity contribution in [3.05, 3.63) is 0 Å². The van der Waals surface area contributed by atoms with Crippen LogP contribution in [0.15, 0.2) is 0 Å². The topological polar surface area (TPSA) is 104 Å². The number of aliphatic hydroxyl groups is 5. The number of hydrogen-bond donors (Lipinski definition) is 5. The molecule has 0 aliphatic heterocycles. The number of nitrogens with zero attached hydrogens (tertiary/aromatic N) is 2. The van der Waals surface area contributed by atoms with E-state index >= 15 is 0 Å². The van der Waals surface area contributed by atoms with Gasteiger partial charge in [-0.1, -0.05) is 0 Å². The van der Waals surface area contributed by atoms with Crippen LogP contribution in [0.1, 0.15) is 0 Å². The molecule has 0 atom stereocenters. The molecule has 0 spiro atoms. The standard InChI is InChI=1S/C12H29N2O5/c15-8-2-13(3-9-16)1-4-14(5-10-17,6-11-18)7-12-19/h15-19H,1-12H2/q+1. The van der Waals surface area contributed by atoms with Crippen molar-refractivity contribution >= 4 is 0 Å². The predicted molar refractivity (Wildman–Crippen MR) is 71.6 cm³/mol. The van der Waals surface area contributed by atoms with Gasteiger partial charge in [-0.2, -0.15) is 0 Å². The summed E-state index contributed by atoms with van der Waals surface area (Å²) in [5.74, 6) is 0. The van der Waals surface area contributed by atoms with Crippen LogP contribution in [0.4, 0.5) is 0 Å². The van der Waals surface area contributed by atoms with Crippen LogP contribution in [0.5, 0.6) is 0 Å². The Morgan fingerprint density at radius 1 is 0.526 bits per heavy atom. The van der Waals surface area contributed by atoms with Gasteiger partial charge in [-0.05, 0) is 0 Å². The quantitative estimate of drug-likeness (QED) is 0.232. The fraction of sp³-hybridized carbons (Fsp3) is 1.00. The summed E-state index contributed by atoms with van der Waals surface area (Å²) in [5.41, 5.74) is 0. The molecule has 0 radical (unpaired) electrons. The van der Waals surface area contributed by atoms with E-state index in [2.05, 4.69) is 0 Å². The van der Waals surface area contributed by atoms with Crippen LogP contribution in [0.25, 0.3) is 0 Å². The van der Waals surface area contributed by atoms with Gasteiger partial charge < -0.3 is 30.0 Å². The zero-order valence-electron chi connectivity index (χ0n) is 11.6. The van der Waals surface area contributed by atoms with Crippen molar-refractivity contribution in [3.8, 4) is 0 Å². The molecule has 0 saturated carbocycles. The Morgan fingerprint density at radius 2 is 0.947 bits per heavy atom. The monoisotopic (exact) mass is 281 g/mol. The van der Waals surface area contributed by atoms with Crippen molar-refractivity contribution < 1.29 is 30.0 Å². The highest BCUT2D eigenvalue weighted by molar-refractivity contribution is 4.57. The highest BCUT2D eigenvalue weighted by Crippen LogP contribution is 2.06. The zero-order valence-corrected chi connectivity index (χ0v) is 11.6. The molecule has 0 bridgehead atoms. The van der Waals surface area contributed by atoms with Crippen LogP contribution in [-0.4, -0.2) is 114 Å². The number of hydrogen-bond acceptors (Lipinski definition) is 6. The number of aliphatic hydroxyl groups excluding tert-OH is 5. The Bertz CT molecular complexity index is 184. The zero-order chi connectivity index (χ0) is 14.6. The molecule has 0 heterocycles. The molecule has 0 aliphatic rings. The first-order chi connectivity index (χ1) is 9.17. The van der Waals surface area contributed by atoms with Gasteiger partial charge in [-0.15, -0.1) is 0 Å². The lowest BCUT2D eigenvalue weighted by Crippen LogP contribution is -2.56. The van der Waals surface area contributed by atoms with Crippen molar-refractivity contribution in [2.45, 2.75) is 0 Å². The van der Waals surface area contributed by atoms with Crippen LogP contribution in [0.2, 0.25) is 0 Å². The molecule has 7 heteroatoms. The lowest BCUT2D eigenvalue weighted by molar-refractivity contribution is -0.928. The molecule has 0 unspecified atom stereocenters. The summed E-state index contributed by atoms with van der Waals surface area (Å²) in [6, 6.07) is 0. The smallest absolute Gasteiger partial charge is 0.102 e. The molecule has 7 nitrogen and oxygen atoms in total. The van der Waals surface area contributed by atoms with E-state index in [9.17, 15) is 0 Å². The molecule has 0 aliphatic carbocycles. The van der Waals surface area contributed by atoms with E-state index in [1.54, 1.807) is 0 Å². The SMILES string of the molecule is OCCN(CCO)CC[N+](CCO)(CCO)CCO. The Morgan fingerprint density at radius 3 is 1.26 bits per heavy atom. The van der Waals surface area contributed by atoms with Gasteiger partial charge in [0.2, 0.25) is 0 Å². The first-order valence-corrected chi connectivity index (χ1v) is 6.79. The van der Waals surface area contributed by atoms with Gasteiger partial charge in [-0.3, -0.25) is 4.90 Å². The van der Waals surface area contributed by atoms with Crippen LogP contribution in [0, 0.1) is 0 Å². The second-order valence-corrected chi connectivity index (χ2v) is 4.70. The fourth-order valence-electron chi connectivity index (χ4n) is 2.28. The Labute approximate surface area is 114 Å². The van der Waals surface area contributed by atoms with Crippen molar-refractivity contribution in [2.75, 3.05) is 78.8 Å². The van der Waals surface area contributed by atoms with E-state index in [-0.39, 0.29) is 33.0 Å². The van der Waals surface area contributed by atoms with Crippen molar-refractivity contribution in [3.63, 3.8) is 0 Å². The minimum atomic E-state index is 0. The van der Waals surface area contributed by atoms with Crippen LogP contribution in [0.3, 0.4) is 0 Å². The highest BCUT2D eigenvalue weighted by atomic mass is 16.3. The molecule has 5 N–H and O–H groups in total. The molecule has 0 amide bonds. The van der Waals surface area contributed by atoms with Crippen molar-refractivity contribution in [1.82, 2.24) is 4.90 Å². The summed E-state index contributed by atoms with van der Waals surface area (Å²) in [6.07, 6.45) is 0. The second-order valence-electron chi connectivity index (χ2n) is 4.70. The molecule has 0 rings (SSSR count). The minimum Gasteiger partial charge on any atom is -0.395 e. The van der Waals surface area contributed by atoms with Gasteiger partial charge in [0.1, 0.15) is 19.6 Å². The summed E-state index contributed by atoms with van der Waals surface area (Å²) in [4.78, 5) is 1.93. The molecule has 0 aromatic heterocycles.